The summed E-state index contributed by atoms with van der Waals surface area (Å²) in [6.07, 6.45) is 21.6. The van der Waals surface area contributed by atoms with Crippen molar-refractivity contribution in [3.63, 3.8) is 0 Å². The second-order valence-corrected chi connectivity index (χ2v) is 14.2. The normalized spacial score (nSPS) is 27.8. The average molecular weight is 639 g/mol. The Labute approximate surface area is 273 Å². The highest BCUT2D eigenvalue weighted by atomic mass is 16.5. The maximum atomic E-state index is 11.7. The van der Waals surface area contributed by atoms with Crippen LogP contribution in [0.2, 0.25) is 0 Å². The van der Waals surface area contributed by atoms with Crippen molar-refractivity contribution >= 4 is 5.97 Å². The van der Waals surface area contributed by atoms with Gasteiger partial charge >= 0.3 is 5.97 Å². The highest BCUT2D eigenvalue weighted by Gasteiger charge is 2.36. The Kier molecular flexibility index (Phi) is 18.6. The van der Waals surface area contributed by atoms with Gasteiger partial charge in [-0.2, -0.15) is 0 Å². The number of aliphatic hydroxyl groups excluding tert-OH is 4. The van der Waals surface area contributed by atoms with Crippen LogP contribution in [0.15, 0.2) is 11.6 Å². The first-order chi connectivity index (χ1) is 21.8. The van der Waals surface area contributed by atoms with Gasteiger partial charge in [0.2, 0.25) is 0 Å². The third kappa shape index (κ3) is 14.7. The zero-order valence-corrected chi connectivity index (χ0v) is 28.5. The van der Waals surface area contributed by atoms with Crippen molar-refractivity contribution in [1.82, 2.24) is 0 Å². The maximum Gasteiger partial charge on any atom is 0.334 e. The molecule has 4 N–H and O–H groups in total. The highest BCUT2D eigenvalue weighted by Crippen LogP contribution is 2.31. The lowest BCUT2D eigenvalue weighted by atomic mass is 9.98. The predicted octanol–water partition coefficient (Wildman–Crippen LogP) is 6.83. The van der Waals surface area contributed by atoms with E-state index in [4.69, 9.17) is 14.2 Å². The number of cyclic esters (lactones) is 1. The molecule has 0 spiro atoms. The van der Waals surface area contributed by atoms with E-state index in [0.717, 1.165) is 83.5 Å². The molecule has 8 heteroatoms. The Morgan fingerprint density at radius 3 is 1.78 bits per heavy atom. The lowest BCUT2D eigenvalue weighted by molar-refractivity contribution is -0.139. The number of carbonyl (C=O) groups is 1. The van der Waals surface area contributed by atoms with Gasteiger partial charge in [-0.25, -0.2) is 4.79 Å². The molecule has 0 aromatic carbocycles. The molecule has 0 amide bonds. The van der Waals surface area contributed by atoms with E-state index in [-0.39, 0.29) is 36.5 Å². The first-order valence-electron chi connectivity index (χ1n) is 18.7. The molecule has 0 aromatic heterocycles. The summed E-state index contributed by atoms with van der Waals surface area (Å²) in [7, 11) is 0. The predicted molar refractivity (Wildman–Crippen MR) is 177 cm³/mol. The van der Waals surface area contributed by atoms with Crippen molar-refractivity contribution in [3.8, 4) is 0 Å². The molecule has 0 saturated carbocycles. The SMILES string of the molecule is CCCCCCCCCC[C@H](O)[C@@H]1CC[C@@H]([C@@H](O)CC[C@@H](O)[C@H]2CC[C@H](CCCCCCCC(O)CC3=CC(C)OC3=O)O2)O1. The van der Waals surface area contributed by atoms with Crippen LogP contribution in [0.4, 0.5) is 0 Å². The summed E-state index contributed by atoms with van der Waals surface area (Å²) in [4.78, 5) is 11.7. The van der Waals surface area contributed by atoms with Crippen LogP contribution in [0.25, 0.3) is 0 Å². The molecular weight excluding hydrogens is 572 g/mol. The zero-order chi connectivity index (χ0) is 32.4. The fourth-order valence-electron chi connectivity index (χ4n) is 7.29. The molecule has 3 rings (SSSR count). The molecule has 2 unspecified atom stereocenters. The van der Waals surface area contributed by atoms with Gasteiger partial charge in [0.25, 0.3) is 0 Å². The number of hydrogen-bond donors (Lipinski definition) is 4. The minimum absolute atomic E-state index is 0.162. The van der Waals surface area contributed by atoms with E-state index in [2.05, 4.69) is 6.92 Å². The number of carbonyl (C=O) groups excluding carboxylic acids is 1. The summed E-state index contributed by atoms with van der Waals surface area (Å²) in [5, 5.41) is 42.4. The maximum absolute atomic E-state index is 11.7. The zero-order valence-electron chi connectivity index (χ0n) is 28.5. The van der Waals surface area contributed by atoms with Crippen molar-refractivity contribution in [2.24, 2.45) is 0 Å². The van der Waals surface area contributed by atoms with Gasteiger partial charge in [-0.3, -0.25) is 0 Å². The van der Waals surface area contributed by atoms with Crippen molar-refractivity contribution in [2.75, 3.05) is 0 Å². The van der Waals surface area contributed by atoms with Crippen LogP contribution in [0.1, 0.15) is 162 Å². The van der Waals surface area contributed by atoms with E-state index in [1.54, 1.807) is 6.08 Å². The number of rotatable bonds is 25. The third-order valence-electron chi connectivity index (χ3n) is 10.1. The molecule has 3 aliphatic heterocycles. The van der Waals surface area contributed by atoms with Gasteiger partial charge in [-0.15, -0.1) is 0 Å². The van der Waals surface area contributed by atoms with Gasteiger partial charge in [0.05, 0.1) is 48.8 Å². The molecule has 262 valence electrons. The van der Waals surface area contributed by atoms with E-state index < -0.39 is 24.4 Å². The van der Waals surface area contributed by atoms with Gasteiger partial charge in [-0.1, -0.05) is 90.4 Å². The molecule has 45 heavy (non-hydrogen) atoms. The Hall–Kier alpha value is -1.03. The molecule has 2 fully saturated rings. The van der Waals surface area contributed by atoms with Gasteiger partial charge < -0.3 is 34.6 Å². The minimum atomic E-state index is -0.627. The summed E-state index contributed by atoms with van der Waals surface area (Å²) in [6.45, 7) is 4.07. The average Bonchev–Trinajstić information content (AvgIpc) is 3.77. The first-order valence-corrected chi connectivity index (χ1v) is 18.7. The first kappa shape index (κ1) is 38.4. The molecule has 0 bridgehead atoms. The summed E-state index contributed by atoms with van der Waals surface area (Å²) in [5.41, 5.74) is 0.600. The molecule has 0 radical (unpaired) electrons. The second kappa shape index (κ2) is 21.8. The van der Waals surface area contributed by atoms with E-state index in [0.29, 0.717) is 31.3 Å². The summed E-state index contributed by atoms with van der Waals surface area (Å²) in [6, 6.07) is 0. The quantitative estimate of drug-likeness (QED) is 0.0634. The Balaban J connectivity index is 1.16. The monoisotopic (exact) mass is 638 g/mol. The van der Waals surface area contributed by atoms with Crippen LogP contribution in [0.5, 0.6) is 0 Å². The lowest BCUT2D eigenvalue weighted by Crippen LogP contribution is -2.33. The fraction of sp³-hybridized carbons (Fsp3) is 0.919. The number of hydrogen-bond acceptors (Lipinski definition) is 8. The fourth-order valence-corrected chi connectivity index (χ4v) is 7.29. The van der Waals surface area contributed by atoms with E-state index in [1.807, 2.05) is 6.92 Å². The van der Waals surface area contributed by atoms with Gasteiger partial charge in [0, 0.05) is 12.0 Å². The number of esters is 1. The van der Waals surface area contributed by atoms with Crippen molar-refractivity contribution < 1.29 is 39.4 Å². The van der Waals surface area contributed by atoms with E-state index >= 15 is 0 Å². The van der Waals surface area contributed by atoms with Crippen LogP contribution < -0.4 is 0 Å². The molecule has 0 aliphatic carbocycles. The molecule has 0 aromatic rings. The van der Waals surface area contributed by atoms with Crippen LogP contribution in [0.3, 0.4) is 0 Å². The van der Waals surface area contributed by atoms with Crippen LogP contribution >= 0.6 is 0 Å². The lowest BCUT2D eigenvalue weighted by Gasteiger charge is -2.24. The van der Waals surface area contributed by atoms with E-state index in [1.165, 1.54) is 38.5 Å². The number of aliphatic hydroxyl groups is 4. The molecule has 2 saturated heterocycles. The Morgan fingerprint density at radius 1 is 0.667 bits per heavy atom. The van der Waals surface area contributed by atoms with E-state index in [9.17, 15) is 25.2 Å². The summed E-state index contributed by atoms with van der Waals surface area (Å²) in [5.74, 6) is -0.295. The van der Waals surface area contributed by atoms with Crippen LogP contribution in [-0.4, -0.2) is 81.3 Å². The van der Waals surface area contributed by atoms with Crippen molar-refractivity contribution in [3.05, 3.63) is 11.6 Å². The summed E-state index contributed by atoms with van der Waals surface area (Å²) >= 11 is 0. The molecule has 3 heterocycles. The number of unbranched alkanes of at least 4 members (excludes halogenated alkanes) is 11. The topological polar surface area (TPSA) is 126 Å². The van der Waals surface area contributed by atoms with Crippen molar-refractivity contribution in [2.45, 2.75) is 216 Å². The van der Waals surface area contributed by atoms with Gasteiger partial charge in [0.1, 0.15) is 6.10 Å². The molecule has 3 aliphatic rings. The van der Waals surface area contributed by atoms with Gasteiger partial charge in [-0.05, 0) is 70.8 Å². The summed E-state index contributed by atoms with van der Waals surface area (Å²) < 4.78 is 17.3. The van der Waals surface area contributed by atoms with Crippen molar-refractivity contribution in [1.29, 1.82) is 0 Å². The second-order valence-electron chi connectivity index (χ2n) is 14.2. The standard InChI is InChI=1S/C37H66O8/c1-3-4-5-6-7-8-12-15-18-31(39)35-23-24-36(45-35)33(41)21-20-32(40)34-22-19-30(44-34)17-14-11-9-10-13-16-29(38)26-28-25-27(2)43-37(28)42/h25,27,29-36,38-41H,3-24,26H2,1-2H3/t27?,29?,30-,31-,32+,33-,34+,35-,36-/m0/s1. The molecular formula is C37H66O8. The number of ether oxygens (including phenoxy) is 3. The Morgan fingerprint density at radius 2 is 1.18 bits per heavy atom. The van der Waals surface area contributed by atoms with Crippen LogP contribution in [-0.2, 0) is 19.0 Å². The minimum Gasteiger partial charge on any atom is -0.455 e. The molecule has 8 nitrogen and oxygen atoms in total. The smallest absolute Gasteiger partial charge is 0.334 e. The largest absolute Gasteiger partial charge is 0.455 e. The van der Waals surface area contributed by atoms with Crippen LogP contribution in [0, 0.1) is 0 Å². The van der Waals surface area contributed by atoms with Gasteiger partial charge in [0.15, 0.2) is 0 Å². The third-order valence-corrected chi connectivity index (χ3v) is 10.1. The Bertz CT molecular complexity index is 833. The molecule has 9 atom stereocenters. The highest BCUT2D eigenvalue weighted by molar-refractivity contribution is 5.90.